The second-order valence-electron chi connectivity index (χ2n) is 4.14. The third-order valence-electron chi connectivity index (χ3n) is 2.63. The van der Waals surface area contributed by atoms with Crippen LogP contribution in [0, 0.1) is 12.7 Å². The van der Waals surface area contributed by atoms with Crippen molar-refractivity contribution in [1.29, 1.82) is 0 Å². The number of hydrogen-bond acceptors (Lipinski definition) is 2. The van der Waals surface area contributed by atoms with Crippen LogP contribution in [0.4, 0.5) is 14.9 Å². The number of carboxylic acids is 1. The SMILES string of the molecule is CCN(CCC(=O)O)C(=O)Nc1ccc(C)cc1F. The third kappa shape index (κ3) is 4.57. The van der Waals surface area contributed by atoms with Gasteiger partial charge in [0.25, 0.3) is 0 Å². The van der Waals surface area contributed by atoms with E-state index in [4.69, 9.17) is 5.11 Å². The quantitative estimate of drug-likeness (QED) is 0.861. The van der Waals surface area contributed by atoms with Gasteiger partial charge in [0.1, 0.15) is 5.82 Å². The molecule has 0 radical (unpaired) electrons. The van der Waals surface area contributed by atoms with Crippen LogP contribution >= 0.6 is 0 Å². The fourth-order valence-electron chi connectivity index (χ4n) is 1.55. The average molecular weight is 268 g/mol. The largest absolute Gasteiger partial charge is 0.481 e. The number of hydrogen-bond donors (Lipinski definition) is 2. The van der Waals surface area contributed by atoms with Gasteiger partial charge in [0.15, 0.2) is 0 Å². The third-order valence-corrected chi connectivity index (χ3v) is 2.63. The van der Waals surface area contributed by atoms with E-state index in [-0.39, 0.29) is 18.7 Å². The number of amides is 2. The number of halogens is 1. The maximum Gasteiger partial charge on any atom is 0.321 e. The Balaban J connectivity index is 2.68. The molecule has 1 aromatic rings. The van der Waals surface area contributed by atoms with Gasteiger partial charge >= 0.3 is 12.0 Å². The van der Waals surface area contributed by atoms with E-state index in [0.717, 1.165) is 5.56 Å². The molecule has 0 unspecified atom stereocenters. The molecule has 0 aliphatic carbocycles. The first-order valence-corrected chi connectivity index (χ1v) is 5.98. The minimum atomic E-state index is -0.979. The van der Waals surface area contributed by atoms with Crippen LogP contribution in [0.25, 0.3) is 0 Å². The van der Waals surface area contributed by atoms with Gasteiger partial charge in [0.2, 0.25) is 0 Å². The molecule has 0 heterocycles. The zero-order valence-electron chi connectivity index (χ0n) is 10.9. The summed E-state index contributed by atoms with van der Waals surface area (Å²) in [7, 11) is 0. The van der Waals surface area contributed by atoms with Gasteiger partial charge in [-0.05, 0) is 31.5 Å². The molecule has 0 bridgehead atoms. The zero-order chi connectivity index (χ0) is 14.4. The Labute approximate surface area is 111 Å². The number of anilines is 1. The first-order valence-electron chi connectivity index (χ1n) is 5.98. The lowest BCUT2D eigenvalue weighted by Crippen LogP contribution is -2.36. The number of nitrogens with zero attached hydrogens (tertiary/aromatic N) is 1. The maximum atomic E-state index is 13.6. The second-order valence-corrected chi connectivity index (χ2v) is 4.14. The molecule has 0 aliphatic rings. The Morgan fingerprint density at radius 1 is 1.42 bits per heavy atom. The van der Waals surface area contributed by atoms with Crippen molar-refractivity contribution in [3.63, 3.8) is 0 Å². The van der Waals surface area contributed by atoms with Gasteiger partial charge in [-0.3, -0.25) is 4.79 Å². The number of aryl methyl sites for hydroxylation is 1. The standard InChI is InChI=1S/C13H17FN2O3/c1-3-16(7-6-12(17)18)13(19)15-11-5-4-9(2)8-10(11)14/h4-5,8H,3,6-7H2,1-2H3,(H,15,19)(H,17,18). The summed E-state index contributed by atoms with van der Waals surface area (Å²) in [4.78, 5) is 23.6. The summed E-state index contributed by atoms with van der Waals surface area (Å²) in [5, 5.41) is 11.0. The van der Waals surface area contributed by atoms with Crippen molar-refractivity contribution in [3.8, 4) is 0 Å². The van der Waals surface area contributed by atoms with Crippen molar-refractivity contribution in [3.05, 3.63) is 29.6 Å². The van der Waals surface area contributed by atoms with Gasteiger partial charge in [0, 0.05) is 13.1 Å². The van der Waals surface area contributed by atoms with Gasteiger partial charge < -0.3 is 15.3 Å². The fraction of sp³-hybridized carbons (Fsp3) is 0.385. The highest BCUT2D eigenvalue weighted by atomic mass is 19.1. The highest BCUT2D eigenvalue weighted by molar-refractivity contribution is 5.89. The van der Waals surface area contributed by atoms with Crippen molar-refractivity contribution >= 4 is 17.7 Å². The van der Waals surface area contributed by atoms with E-state index < -0.39 is 17.8 Å². The fourth-order valence-corrected chi connectivity index (χ4v) is 1.55. The molecular weight excluding hydrogens is 251 g/mol. The Hall–Kier alpha value is -2.11. The Bertz CT molecular complexity index is 477. The lowest BCUT2D eigenvalue weighted by atomic mass is 10.2. The van der Waals surface area contributed by atoms with E-state index in [1.165, 1.54) is 17.0 Å². The summed E-state index contributed by atoms with van der Waals surface area (Å²) in [6.45, 7) is 3.92. The molecule has 5 nitrogen and oxygen atoms in total. The van der Waals surface area contributed by atoms with Crippen LogP contribution in [-0.2, 0) is 4.79 Å². The minimum absolute atomic E-state index is 0.0874. The molecule has 0 fully saturated rings. The number of nitrogens with one attached hydrogen (secondary N) is 1. The molecule has 0 spiro atoms. The van der Waals surface area contributed by atoms with Crippen LogP contribution < -0.4 is 5.32 Å². The zero-order valence-corrected chi connectivity index (χ0v) is 10.9. The van der Waals surface area contributed by atoms with E-state index in [1.54, 1.807) is 19.9 Å². The number of carbonyl (C=O) groups excluding carboxylic acids is 1. The van der Waals surface area contributed by atoms with Crippen LogP contribution in [0.2, 0.25) is 0 Å². The Morgan fingerprint density at radius 3 is 2.63 bits per heavy atom. The summed E-state index contributed by atoms with van der Waals surface area (Å²) in [6, 6.07) is 3.98. The number of carbonyl (C=O) groups is 2. The van der Waals surface area contributed by atoms with Gasteiger partial charge in [-0.15, -0.1) is 0 Å². The second kappa shape index (κ2) is 6.72. The van der Waals surface area contributed by atoms with Crippen LogP contribution in [0.5, 0.6) is 0 Å². The summed E-state index contributed by atoms with van der Waals surface area (Å²) in [5.41, 5.74) is 0.845. The highest BCUT2D eigenvalue weighted by Gasteiger charge is 2.14. The van der Waals surface area contributed by atoms with Gasteiger partial charge in [-0.25, -0.2) is 9.18 Å². The van der Waals surface area contributed by atoms with Crippen molar-refractivity contribution in [2.24, 2.45) is 0 Å². The lowest BCUT2D eigenvalue weighted by Gasteiger charge is -2.20. The van der Waals surface area contributed by atoms with Gasteiger partial charge in [0.05, 0.1) is 12.1 Å². The Morgan fingerprint density at radius 2 is 2.11 bits per heavy atom. The highest BCUT2D eigenvalue weighted by Crippen LogP contribution is 2.15. The summed E-state index contributed by atoms with van der Waals surface area (Å²) in [6.07, 6.45) is -0.141. The minimum Gasteiger partial charge on any atom is -0.481 e. The molecule has 1 rings (SSSR count). The Kier molecular flexibility index (Phi) is 5.29. The first kappa shape index (κ1) is 14.9. The monoisotopic (exact) mass is 268 g/mol. The normalized spacial score (nSPS) is 10.1. The van der Waals surface area contributed by atoms with Crippen LogP contribution in [-0.4, -0.2) is 35.1 Å². The van der Waals surface area contributed by atoms with E-state index in [0.29, 0.717) is 6.54 Å². The van der Waals surface area contributed by atoms with Crippen LogP contribution in [0.15, 0.2) is 18.2 Å². The maximum absolute atomic E-state index is 13.6. The van der Waals surface area contributed by atoms with Crippen molar-refractivity contribution in [2.75, 3.05) is 18.4 Å². The summed E-state index contributed by atoms with van der Waals surface area (Å²) >= 11 is 0. The molecule has 1 aromatic carbocycles. The first-order chi connectivity index (χ1) is 8.93. The molecule has 19 heavy (non-hydrogen) atoms. The van der Waals surface area contributed by atoms with Crippen molar-refractivity contribution in [1.82, 2.24) is 4.90 Å². The number of rotatable bonds is 5. The van der Waals surface area contributed by atoms with E-state index in [2.05, 4.69) is 5.32 Å². The van der Waals surface area contributed by atoms with Gasteiger partial charge in [-0.1, -0.05) is 6.07 Å². The number of benzene rings is 1. The molecule has 0 atom stereocenters. The summed E-state index contributed by atoms with van der Waals surface area (Å²) in [5.74, 6) is -1.49. The predicted molar refractivity (Wildman–Crippen MR) is 69.7 cm³/mol. The molecule has 104 valence electrons. The van der Waals surface area contributed by atoms with Gasteiger partial charge in [-0.2, -0.15) is 0 Å². The van der Waals surface area contributed by atoms with Crippen LogP contribution in [0.3, 0.4) is 0 Å². The van der Waals surface area contributed by atoms with Crippen molar-refractivity contribution < 1.29 is 19.1 Å². The van der Waals surface area contributed by atoms with Crippen LogP contribution in [0.1, 0.15) is 18.9 Å². The number of carboxylic acid groups (broad SMARTS) is 1. The van der Waals surface area contributed by atoms with E-state index in [9.17, 15) is 14.0 Å². The molecule has 2 amide bonds. The van der Waals surface area contributed by atoms with E-state index in [1.807, 2.05) is 0 Å². The van der Waals surface area contributed by atoms with Crippen molar-refractivity contribution in [2.45, 2.75) is 20.3 Å². The predicted octanol–water partition coefficient (Wildman–Crippen LogP) is 2.46. The average Bonchev–Trinajstić information content (AvgIpc) is 2.33. The lowest BCUT2D eigenvalue weighted by molar-refractivity contribution is -0.137. The molecule has 6 heteroatoms. The molecule has 2 N–H and O–H groups in total. The number of aliphatic carboxylic acids is 1. The smallest absolute Gasteiger partial charge is 0.321 e. The molecular formula is C13H17FN2O3. The molecule has 0 aliphatic heterocycles. The topological polar surface area (TPSA) is 69.6 Å². The molecule has 0 saturated heterocycles. The molecule has 0 saturated carbocycles. The van der Waals surface area contributed by atoms with E-state index >= 15 is 0 Å². The molecule has 0 aromatic heterocycles. The number of urea groups is 1. The summed E-state index contributed by atoms with van der Waals surface area (Å²) < 4.78 is 13.6.